The predicted octanol–water partition coefficient (Wildman–Crippen LogP) is 1.08. The van der Waals surface area contributed by atoms with Crippen molar-refractivity contribution in [3.63, 3.8) is 0 Å². The summed E-state index contributed by atoms with van der Waals surface area (Å²) in [5, 5.41) is 127. The second kappa shape index (κ2) is 34.2. The second-order valence-electron chi connectivity index (χ2n) is 28.5. The summed E-state index contributed by atoms with van der Waals surface area (Å²) in [6, 6.07) is 6.18. The lowest BCUT2D eigenvalue weighted by molar-refractivity contribution is -0.333. The average molecular weight is 1600 g/mol. The zero-order valence-corrected chi connectivity index (χ0v) is 62.3. The molecule has 6 aromatic rings. The standard InChI is InChI=1S/C75H85Cl2N11O24/c1-29(2)17-42(80-6)67(100)87-58-60(95)33-10-15-46(40(76)19-33)108-48-21-35-22-49(64(48)112-74-65(63(98)62(97)50(28-89)110-74)111-53-26-75(5,79)66(99)31(4)107-53)109-47-16-11-34(20-41(47)77)61(96)59-73(106)86-57(69(102)81-27-52(94)82-36-12-7-30(3)8-13-36)39-23-37(90)24-45(92)54(39)38-18-32(9-14-44(38)91)55(70(103)88-59)85-71(104)56(35)84-68(101)43(25-51(78)93)83-72(58)105/h7-16,18-24,29,31,42-43,50,53,55-63,65-66,74,80,89-92,95-99H,17,25-28,79H2,1-6H3,(H2,78,93)(H,81,102)(H,82,94)(H,83,105)(H,84,101)(H,85,104)(H,86,106)(H,87,100)(H,88,103)/t31-,42+,43-,50+,53?,55+,56?,57?,58+,59-,60+,61+,62+,63-,65+,66+,74-,75-/m0/s1. The van der Waals surface area contributed by atoms with Crippen molar-refractivity contribution in [3.8, 4) is 57.1 Å². The molecule has 598 valence electrons. The van der Waals surface area contributed by atoms with Crippen LogP contribution in [0.4, 0.5) is 5.69 Å². The Labute approximate surface area is 648 Å². The number of aromatic hydroxyl groups is 3. The topological polar surface area (TPSA) is 551 Å². The minimum Gasteiger partial charge on any atom is -0.508 e. The van der Waals surface area contributed by atoms with Crippen LogP contribution in [0.5, 0.6) is 46.0 Å². The third-order valence-corrected chi connectivity index (χ3v) is 20.1. The Morgan fingerprint density at radius 2 is 1.31 bits per heavy atom. The van der Waals surface area contributed by atoms with Crippen LogP contribution in [0.25, 0.3) is 11.1 Å². The average Bonchev–Trinajstić information content (AvgIpc) is 0.769. The summed E-state index contributed by atoms with van der Waals surface area (Å²) >= 11 is 14.3. The summed E-state index contributed by atoms with van der Waals surface area (Å²) < 4.78 is 38.6. The molecule has 0 radical (unpaired) electrons. The smallest absolute Gasteiger partial charge is 0.248 e. The molecule has 112 heavy (non-hydrogen) atoms. The highest BCUT2D eigenvalue weighted by atomic mass is 35.5. The molecule has 2 fully saturated rings. The quantitative estimate of drug-likeness (QED) is 0.0645. The number of nitrogens with one attached hydrogen (secondary N) is 9. The number of fused-ring (bicyclic) bond motifs is 15. The number of aliphatic hydroxyl groups excluding tert-OH is 6. The molecule has 18 atom stereocenters. The summed E-state index contributed by atoms with van der Waals surface area (Å²) in [4.78, 5) is 133. The number of rotatable bonds is 16. The minimum absolute atomic E-state index is 0.107. The van der Waals surface area contributed by atoms with Crippen molar-refractivity contribution in [2.75, 3.05) is 25.5 Å². The van der Waals surface area contributed by atoms with Crippen LogP contribution in [0.3, 0.4) is 0 Å². The molecule has 3 unspecified atom stereocenters. The fraction of sp³-hybridized carbons (Fsp3) is 0.400. The number of anilines is 1. The fourth-order valence-electron chi connectivity index (χ4n) is 13.6. The molecule has 6 aromatic carbocycles. The highest BCUT2D eigenvalue weighted by molar-refractivity contribution is 6.32. The highest BCUT2D eigenvalue weighted by Gasteiger charge is 2.52. The van der Waals surface area contributed by atoms with E-state index in [9.17, 15) is 69.9 Å². The van der Waals surface area contributed by atoms with E-state index in [0.717, 1.165) is 72.3 Å². The molecule has 37 heteroatoms. The third-order valence-electron chi connectivity index (χ3n) is 19.5. The van der Waals surface area contributed by atoms with Crippen molar-refractivity contribution in [2.24, 2.45) is 17.4 Å². The molecule has 0 aromatic heterocycles. The van der Waals surface area contributed by atoms with Gasteiger partial charge in [-0.25, -0.2) is 0 Å². The Bertz CT molecular complexity index is 4630. The molecule has 7 aliphatic heterocycles. The third kappa shape index (κ3) is 18.2. The summed E-state index contributed by atoms with van der Waals surface area (Å²) in [6.45, 7) is 6.70. The van der Waals surface area contributed by atoms with E-state index in [1.54, 1.807) is 24.3 Å². The van der Waals surface area contributed by atoms with Crippen molar-refractivity contribution in [1.29, 1.82) is 0 Å². The first kappa shape index (κ1) is 82.5. The van der Waals surface area contributed by atoms with Gasteiger partial charge in [0.2, 0.25) is 65.2 Å². The number of primary amides is 1. The van der Waals surface area contributed by atoms with Crippen LogP contribution in [-0.4, -0.2) is 198 Å². The molecular formula is C75H85Cl2N11O24. The molecule has 7 heterocycles. The second-order valence-corrected chi connectivity index (χ2v) is 29.3. The van der Waals surface area contributed by atoms with Gasteiger partial charge in [-0.2, -0.15) is 0 Å². The molecule has 0 spiro atoms. The summed E-state index contributed by atoms with van der Waals surface area (Å²) in [7, 11) is 1.47. The van der Waals surface area contributed by atoms with Gasteiger partial charge in [-0.15, -0.1) is 0 Å². The van der Waals surface area contributed by atoms with Crippen molar-refractivity contribution in [2.45, 2.75) is 163 Å². The number of hydrogen-bond donors (Lipinski definition) is 20. The van der Waals surface area contributed by atoms with Gasteiger partial charge in [0.1, 0.15) is 95.5 Å². The maximum Gasteiger partial charge on any atom is 0.248 e. The van der Waals surface area contributed by atoms with Gasteiger partial charge in [0, 0.05) is 34.8 Å². The largest absolute Gasteiger partial charge is 0.508 e. The van der Waals surface area contributed by atoms with E-state index in [0.29, 0.717) is 5.69 Å². The highest BCUT2D eigenvalue weighted by Crippen LogP contribution is 2.50. The lowest BCUT2D eigenvalue weighted by Gasteiger charge is -2.47. The van der Waals surface area contributed by atoms with Crippen LogP contribution in [0.15, 0.2) is 103 Å². The predicted molar refractivity (Wildman–Crippen MR) is 394 cm³/mol. The van der Waals surface area contributed by atoms with Gasteiger partial charge >= 0.3 is 0 Å². The maximum absolute atomic E-state index is 16.2. The summed E-state index contributed by atoms with van der Waals surface area (Å²) in [6.07, 6.45) is -18.7. The van der Waals surface area contributed by atoms with E-state index >= 15 is 19.2 Å². The number of carbonyl (C=O) groups excluding carboxylic acids is 9. The van der Waals surface area contributed by atoms with Gasteiger partial charge in [-0.05, 0) is 135 Å². The van der Waals surface area contributed by atoms with Crippen LogP contribution in [-0.2, 0) is 57.4 Å². The van der Waals surface area contributed by atoms with Gasteiger partial charge in [0.25, 0.3) is 0 Å². The Hall–Kier alpha value is -10.5. The van der Waals surface area contributed by atoms with E-state index < -0.39 is 250 Å². The van der Waals surface area contributed by atoms with Crippen LogP contribution in [0.1, 0.15) is 111 Å². The monoisotopic (exact) mass is 1590 g/mol. The molecule has 0 aliphatic carbocycles. The number of likely N-dealkylation sites (N-methyl/N-ethyl adjacent to an activating group) is 1. The first-order valence-corrected chi connectivity index (χ1v) is 36.1. The number of phenols is 3. The number of amides is 9. The number of ether oxygens (including phenoxy) is 6. The van der Waals surface area contributed by atoms with E-state index in [1.807, 2.05) is 20.8 Å². The number of aliphatic hydroxyl groups is 6. The van der Waals surface area contributed by atoms with Crippen molar-refractivity contribution < 1.29 is 118 Å². The number of aryl methyl sites for hydroxylation is 1. The maximum atomic E-state index is 16.2. The molecule has 7 aliphatic rings. The number of nitrogens with two attached hydrogens (primary N) is 2. The SMILES string of the molecule is CN[C@H](CC(C)C)C(=O)N[C@H]1C(=O)N[C@@H](CC(N)=O)C(=O)NC2C(=O)N[C@H]3C(=O)N[C@H](C(=O)NC(C(=O)NCC(=O)Nc4ccc(C)cc4)c4cc(O)cc(O)c4-c4cc3ccc4O)[C@H](O)c3ccc(c(Cl)c3)Oc3cc2cc(c3O[C@@H]2O[C@H](CO)[C@@H](O)[C@H](O)[C@H]2OC2C[C@](C)(N)[C@H](O)[C@H](C)O2)Oc2ccc(cc2Cl)[C@H]1O. The van der Waals surface area contributed by atoms with Crippen LogP contribution in [0, 0.1) is 12.8 Å². The molecule has 9 amide bonds. The van der Waals surface area contributed by atoms with Gasteiger partial charge in [0.15, 0.2) is 23.9 Å². The normalized spacial score (nSPS) is 27.6. The van der Waals surface area contributed by atoms with Gasteiger partial charge < -0.3 is 134 Å². The summed E-state index contributed by atoms with van der Waals surface area (Å²) in [5.41, 5.74) is 9.38. The fourth-order valence-corrected chi connectivity index (χ4v) is 14.1. The number of benzene rings is 6. The molecule has 13 rings (SSSR count). The number of halogens is 2. The molecule has 0 saturated carbocycles. The van der Waals surface area contributed by atoms with Gasteiger partial charge in [0.05, 0.1) is 47.9 Å². The van der Waals surface area contributed by atoms with E-state index in [1.165, 1.54) is 33.0 Å². The molecule has 35 nitrogen and oxygen atoms in total. The number of hydrogen-bond acceptors (Lipinski definition) is 26. The summed E-state index contributed by atoms with van der Waals surface area (Å²) in [5.74, 6) is -16.2. The Morgan fingerprint density at radius 3 is 1.92 bits per heavy atom. The van der Waals surface area contributed by atoms with E-state index in [4.69, 9.17) is 63.1 Å². The Balaban J connectivity index is 1.13. The zero-order chi connectivity index (χ0) is 81.2. The van der Waals surface area contributed by atoms with Crippen molar-refractivity contribution in [3.05, 3.63) is 147 Å². The van der Waals surface area contributed by atoms with Crippen LogP contribution in [0.2, 0.25) is 10.0 Å². The molecular weight excluding hydrogens is 1510 g/mol. The molecule has 2 saturated heterocycles. The molecule has 11 bridgehead atoms. The number of phenolic OH excluding ortho intramolecular Hbond substituents is 3. The van der Waals surface area contributed by atoms with Crippen molar-refractivity contribution >= 4 is 82.1 Å². The lowest BCUT2D eigenvalue weighted by Crippen LogP contribution is -2.64. The zero-order valence-electron chi connectivity index (χ0n) is 60.8. The Kier molecular flexibility index (Phi) is 25.2. The van der Waals surface area contributed by atoms with Crippen LogP contribution >= 0.6 is 23.2 Å². The number of carbonyl (C=O) groups is 9. The minimum atomic E-state index is -2.37. The van der Waals surface area contributed by atoms with Crippen LogP contribution < -0.4 is 73.5 Å². The van der Waals surface area contributed by atoms with Gasteiger partial charge in [-0.3, -0.25) is 43.2 Å². The first-order chi connectivity index (χ1) is 53.0. The van der Waals surface area contributed by atoms with Crippen molar-refractivity contribution in [1.82, 2.24) is 42.5 Å². The van der Waals surface area contributed by atoms with E-state index in [-0.39, 0.29) is 46.2 Å². The lowest BCUT2D eigenvalue weighted by atomic mass is 9.86. The van der Waals surface area contributed by atoms with Gasteiger partial charge in [-0.1, -0.05) is 72.9 Å². The van der Waals surface area contributed by atoms with E-state index in [2.05, 4.69) is 47.9 Å². The Morgan fingerprint density at radius 1 is 0.696 bits per heavy atom. The molecule has 22 N–H and O–H groups in total. The first-order valence-electron chi connectivity index (χ1n) is 35.4.